The Morgan fingerprint density at radius 2 is 0.667 bits per heavy atom. The molecule has 0 aliphatic heterocycles. The standard InChI is InChI=1S/C10H16N2O8.4K.4H/c13-7(14)3-11(4-8(15)16)1-2-12(5-9(17)18)6-10(19)20;;;;;;;;/h1-6H2,(H,13,14)(H,15,16)(H,17,18)(H,19,20);;;;;;;;. The van der Waals surface area contributed by atoms with Crippen LogP contribution in [0, 0.1) is 0 Å². The zero-order valence-electron chi connectivity index (χ0n) is 10.6. The Bertz CT molecular complexity index is 331. The monoisotopic (exact) mass is 452 g/mol. The van der Waals surface area contributed by atoms with Crippen LogP contribution >= 0.6 is 0 Å². The molecule has 0 saturated heterocycles. The molecule has 0 aliphatic rings. The van der Waals surface area contributed by atoms with Crippen molar-refractivity contribution < 1.29 is 39.6 Å². The molecule has 0 fully saturated rings. The van der Waals surface area contributed by atoms with E-state index in [9.17, 15) is 19.2 Å². The van der Waals surface area contributed by atoms with Crippen molar-refractivity contribution in [3.05, 3.63) is 0 Å². The van der Waals surface area contributed by atoms with Gasteiger partial charge in [-0.2, -0.15) is 0 Å². The van der Waals surface area contributed by atoms with Gasteiger partial charge in [0.25, 0.3) is 0 Å². The molecule has 4 N–H and O–H groups in total. The van der Waals surface area contributed by atoms with Gasteiger partial charge in [-0.1, -0.05) is 0 Å². The summed E-state index contributed by atoms with van der Waals surface area (Å²) in [6.07, 6.45) is 0. The SMILES string of the molecule is O=C(O)CN(CCN(CC(=O)O)CC(=O)O)CC(=O)O.[KH].[KH].[KH].[KH]. The summed E-state index contributed by atoms with van der Waals surface area (Å²) in [6.45, 7) is -2.25. The third-order valence-electron chi connectivity index (χ3n) is 2.17. The second-order valence-corrected chi connectivity index (χ2v) is 4.00. The minimum atomic E-state index is -1.23. The van der Waals surface area contributed by atoms with Gasteiger partial charge in [-0.15, -0.1) is 0 Å². The number of hydrogen-bond donors (Lipinski definition) is 4. The zero-order chi connectivity index (χ0) is 15.7. The molecule has 0 spiro atoms. The summed E-state index contributed by atoms with van der Waals surface area (Å²) in [6, 6.07) is 0. The van der Waals surface area contributed by atoms with Crippen molar-refractivity contribution in [2.75, 3.05) is 39.3 Å². The molecule has 24 heavy (non-hydrogen) atoms. The Morgan fingerprint density at radius 3 is 0.792 bits per heavy atom. The second kappa shape index (κ2) is 23.6. The van der Waals surface area contributed by atoms with Gasteiger partial charge < -0.3 is 20.4 Å². The van der Waals surface area contributed by atoms with Gasteiger partial charge in [0.15, 0.2) is 0 Å². The summed E-state index contributed by atoms with van der Waals surface area (Å²) in [5.41, 5.74) is 0. The molecule has 0 radical (unpaired) electrons. The Kier molecular flexibility index (Phi) is 38.3. The first kappa shape index (κ1) is 38.9. The molecule has 0 aromatic carbocycles. The van der Waals surface area contributed by atoms with Gasteiger partial charge in [-0.25, -0.2) is 0 Å². The van der Waals surface area contributed by atoms with Crippen LogP contribution in [0.25, 0.3) is 0 Å². The molecule has 0 aromatic heterocycles. The predicted octanol–water partition coefficient (Wildman–Crippen LogP) is -4.67. The van der Waals surface area contributed by atoms with Crippen molar-refractivity contribution >= 4 is 229 Å². The normalized spacial score (nSPS) is 8.92. The summed E-state index contributed by atoms with van der Waals surface area (Å²) in [7, 11) is 0. The Hall–Kier alpha value is 4.35. The first-order chi connectivity index (χ1) is 9.20. The quantitative estimate of drug-likeness (QED) is 0.225. The molecular weight excluding hydrogens is 433 g/mol. The van der Waals surface area contributed by atoms with Crippen molar-refractivity contribution in [3.8, 4) is 0 Å². The van der Waals surface area contributed by atoms with E-state index in [0.717, 1.165) is 9.80 Å². The van der Waals surface area contributed by atoms with Gasteiger partial charge in [0.05, 0.1) is 26.2 Å². The molecule has 0 bridgehead atoms. The number of carboxylic acids is 4. The van der Waals surface area contributed by atoms with Gasteiger partial charge in [0.2, 0.25) is 0 Å². The van der Waals surface area contributed by atoms with Gasteiger partial charge in [-0.05, 0) is 0 Å². The van der Waals surface area contributed by atoms with Gasteiger partial charge >= 0.3 is 229 Å². The second-order valence-electron chi connectivity index (χ2n) is 4.00. The first-order valence-electron chi connectivity index (χ1n) is 5.52. The van der Waals surface area contributed by atoms with Crippen molar-refractivity contribution in [2.45, 2.75) is 0 Å². The summed E-state index contributed by atoms with van der Waals surface area (Å²) in [4.78, 5) is 44.4. The molecule has 0 atom stereocenters. The molecule has 0 heterocycles. The number of nitrogens with zero attached hydrogens (tertiary/aromatic N) is 2. The average molecular weight is 453 g/mol. The summed E-state index contributed by atoms with van der Waals surface area (Å²) < 4.78 is 0. The average Bonchev–Trinajstić information content (AvgIpc) is 2.22. The molecule has 14 heteroatoms. The van der Waals surface area contributed by atoms with E-state index in [-0.39, 0.29) is 219 Å². The summed E-state index contributed by atoms with van der Waals surface area (Å²) >= 11 is 0. The molecular formula is C10H20K4N2O8. The van der Waals surface area contributed by atoms with E-state index in [1.807, 2.05) is 0 Å². The molecule has 0 aliphatic carbocycles. The van der Waals surface area contributed by atoms with Crippen LogP contribution in [0.15, 0.2) is 0 Å². The molecule has 0 unspecified atom stereocenters. The maximum atomic E-state index is 10.6. The Balaban J connectivity index is -0.000000301. The van der Waals surface area contributed by atoms with E-state index in [1.54, 1.807) is 0 Å². The number of rotatable bonds is 11. The van der Waals surface area contributed by atoms with E-state index in [2.05, 4.69) is 0 Å². The van der Waals surface area contributed by atoms with Crippen molar-refractivity contribution in [1.82, 2.24) is 9.80 Å². The molecule has 0 saturated carbocycles. The first-order valence-corrected chi connectivity index (χ1v) is 5.52. The number of carbonyl (C=O) groups is 4. The van der Waals surface area contributed by atoms with E-state index in [1.165, 1.54) is 0 Å². The van der Waals surface area contributed by atoms with Crippen molar-refractivity contribution in [1.29, 1.82) is 0 Å². The third kappa shape index (κ3) is 26.3. The van der Waals surface area contributed by atoms with Crippen LogP contribution in [0.5, 0.6) is 0 Å². The molecule has 122 valence electrons. The van der Waals surface area contributed by atoms with Crippen LogP contribution in [0.2, 0.25) is 0 Å². The number of hydrogen-bond acceptors (Lipinski definition) is 6. The topological polar surface area (TPSA) is 156 Å². The van der Waals surface area contributed by atoms with E-state index in [4.69, 9.17) is 20.4 Å². The van der Waals surface area contributed by atoms with E-state index < -0.39 is 50.1 Å². The van der Waals surface area contributed by atoms with Gasteiger partial charge in [0.1, 0.15) is 0 Å². The van der Waals surface area contributed by atoms with E-state index >= 15 is 0 Å². The Morgan fingerprint density at radius 1 is 0.500 bits per heavy atom. The molecule has 0 aromatic rings. The van der Waals surface area contributed by atoms with Crippen LogP contribution in [0.1, 0.15) is 0 Å². The molecule has 10 nitrogen and oxygen atoms in total. The van der Waals surface area contributed by atoms with Crippen LogP contribution in [-0.2, 0) is 19.2 Å². The third-order valence-corrected chi connectivity index (χ3v) is 2.17. The summed E-state index contributed by atoms with van der Waals surface area (Å²) in [5.74, 6) is -4.91. The van der Waals surface area contributed by atoms with Crippen LogP contribution in [0.4, 0.5) is 0 Å². The predicted molar refractivity (Wildman–Crippen MR) is 92.0 cm³/mol. The van der Waals surface area contributed by atoms with Gasteiger partial charge in [0, 0.05) is 13.1 Å². The number of aliphatic carboxylic acids is 4. The fraction of sp³-hybridized carbons (Fsp3) is 0.600. The van der Waals surface area contributed by atoms with Crippen LogP contribution in [0.3, 0.4) is 0 Å². The minimum absolute atomic E-state index is 0. The zero-order valence-corrected chi connectivity index (χ0v) is 10.6. The maximum absolute atomic E-state index is 10.6. The van der Waals surface area contributed by atoms with Crippen LogP contribution in [-0.4, -0.2) is 299 Å². The van der Waals surface area contributed by atoms with Crippen molar-refractivity contribution in [3.63, 3.8) is 0 Å². The number of carboxylic acid groups (broad SMARTS) is 4. The van der Waals surface area contributed by atoms with E-state index in [0.29, 0.717) is 0 Å². The fourth-order valence-electron chi connectivity index (χ4n) is 1.48. The fourth-order valence-corrected chi connectivity index (χ4v) is 1.48. The molecule has 0 rings (SSSR count). The summed E-state index contributed by atoms with van der Waals surface area (Å²) in [5, 5.41) is 34.5. The van der Waals surface area contributed by atoms with Gasteiger partial charge in [-0.3, -0.25) is 29.0 Å². The van der Waals surface area contributed by atoms with Crippen LogP contribution < -0.4 is 0 Å². The van der Waals surface area contributed by atoms with Crippen molar-refractivity contribution in [2.24, 2.45) is 0 Å². The Labute approximate surface area is 309 Å². The molecule has 0 amide bonds.